The average Bonchev–Trinajstić information content (AvgIpc) is 2.83. The normalized spacial score (nSPS) is 23.3. The Hall–Kier alpha value is -2.71. The number of hydrogen-bond acceptors (Lipinski definition) is 8. The molecule has 3 heterocycles. The molecule has 2 aliphatic heterocycles. The summed E-state index contributed by atoms with van der Waals surface area (Å²) >= 11 is 0. The van der Waals surface area contributed by atoms with E-state index in [4.69, 9.17) is 19.2 Å². The predicted molar refractivity (Wildman–Crippen MR) is 131 cm³/mol. The molecule has 8 heteroatoms. The molecule has 3 fully saturated rings. The van der Waals surface area contributed by atoms with Gasteiger partial charge >= 0.3 is 0 Å². The molecule has 182 valence electrons. The minimum absolute atomic E-state index is 0.0653. The van der Waals surface area contributed by atoms with Gasteiger partial charge in [-0.1, -0.05) is 19.1 Å². The second-order valence-corrected chi connectivity index (χ2v) is 9.66. The molecule has 0 radical (unpaired) electrons. The lowest BCUT2D eigenvalue weighted by atomic mass is 9.87. The molecule has 1 aliphatic carbocycles. The van der Waals surface area contributed by atoms with Crippen LogP contribution in [0.25, 0.3) is 11.1 Å². The number of anilines is 2. The maximum absolute atomic E-state index is 12.7. The molecular weight excluding hydrogens is 432 g/mol. The van der Waals surface area contributed by atoms with Crippen LogP contribution in [0.1, 0.15) is 50.0 Å². The Balaban J connectivity index is 1.47. The summed E-state index contributed by atoms with van der Waals surface area (Å²) in [5, 5.41) is 3.47. The van der Waals surface area contributed by atoms with Crippen LogP contribution in [0.2, 0.25) is 0 Å². The molecular formula is C26H34N4O4. The van der Waals surface area contributed by atoms with E-state index in [-0.39, 0.29) is 11.9 Å². The number of Topliss-reactive ketones (excluding diaryl/α,β-unsaturated/α-hetero) is 1. The van der Waals surface area contributed by atoms with E-state index in [1.54, 1.807) is 6.92 Å². The van der Waals surface area contributed by atoms with E-state index >= 15 is 0 Å². The number of ketones is 1. The zero-order valence-corrected chi connectivity index (χ0v) is 20.1. The predicted octanol–water partition coefficient (Wildman–Crippen LogP) is 3.95. The van der Waals surface area contributed by atoms with Gasteiger partial charge in [0.05, 0.1) is 32.0 Å². The summed E-state index contributed by atoms with van der Waals surface area (Å²) in [5.74, 6) is 1.56. The Morgan fingerprint density at radius 2 is 1.74 bits per heavy atom. The maximum Gasteiger partial charge on any atom is 0.227 e. The summed E-state index contributed by atoms with van der Waals surface area (Å²) in [6.07, 6.45) is 4.47. The summed E-state index contributed by atoms with van der Waals surface area (Å²) < 4.78 is 17.0. The van der Waals surface area contributed by atoms with Crippen LogP contribution in [0.15, 0.2) is 24.3 Å². The van der Waals surface area contributed by atoms with Gasteiger partial charge in [0.25, 0.3) is 0 Å². The fourth-order valence-electron chi connectivity index (χ4n) is 4.79. The Morgan fingerprint density at radius 3 is 2.35 bits per heavy atom. The third-order valence-corrected chi connectivity index (χ3v) is 6.98. The summed E-state index contributed by atoms with van der Waals surface area (Å²) in [6.45, 7) is 8.12. The summed E-state index contributed by atoms with van der Waals surface area (Å²) in [7, 11) is 0. The van der Waals surface area contributed by atoms with Crippen LogP contribution >= 0.6 is 0 Å². The lowest BCUT2D eigenvalue weighted by Gasteiger charge is -2.30. The number of rotatable bonds is 7. The first-order valence-corrected chi connectivity index (χ1v) is 12.4. The number of benzene rings is 1. The highest BCUT2D eigenvalue weighted by Crippen LogP contribution is 2.36. The molecule has 1 N–H and O–H groups in total. The van der Waals surface area contributed by atoms with Crippen molar-refractivity contribution in [3.63, 3.8) is 0 Å². The Morgan fingerprint density at radius 1 is 1.03 bits per heavy atom. The SMILES string of the molecule is CC(=O)c1nc(N[C@H]2CC[C@@H](C)CC2)nc(OC2COC2)c1-c1ccc(N2CCOCC2)cc1. The fraction of sp³-hybridized carbons (Fsp3) is 0.577. The van der Waals surface area contributed by atoms with Crippen LogP contribution < -0.4 is 15.0 Å². The monoisotopic (exact) mass is 466 g/mol. The van der Waals surface area contributed by atoms with Gasteiger partial charge in [0.1, 0.15) is 11.8 Å². The van der Waals surface area contributed by atoms with Crippen LogP contribution in [-0.4, -0.2) is 67.4 Å². The number of nitrogens with one attached hydrogen (secondary N) is 1. The molecule has 2 aromatic rings. The zero-order chi connectivity index (χ0) is 23.5. The van der Waals surface area contributed by atoms with Crippen molar-refractivity contribution in [1.29, 1.82) is 0 Å². The van der Waals surface area contributed by atoms with E-state index in [0.717, 1.165) is 56.3 Å². The first kappa shape index (κ1) is 23.1. The van der Waals surface area contributed by atoms with E-state index in [1.165, 1.54) is 12.8 Å². The molecule has 34 heavy (non-hydrogen) atoms. The molecule has 1 saturated carbocycles. The van der Waals surface area contributed by atoms with Crippen LogP contribution in [0, 0.1) is 5.92 Å². The highest BCUT2D eigenvalue weighted by molar-refractivity contribution is 6.00. The quantitative estimate of drug-likeness (QED) is 0.614. The number of carbonyl (C=O) groups is 1. The van der Waals surface area contributed by atoms with Crippen molar-refractivity contribution < 1.29 is 19.0 Å². The molecule has 0 spiro atoms. The largest absolute Gasteiger partial charge is 0.469 e. The minimum Gasteiger partial charge on any atom is -0.469 e. The van der Waals surface area contributed by atoms with Gasteiger partial charge in [-0.2, -0.15) is 4.98 Å². The molecule has 0 bridgehead atoms. The van der Waals surface area contributed by atoms with E-state index in [0.29, 0.717) is 42.3 Å². The van der Waals surface area contributed by atoms with Crippen molar-refractivity contribution in [1.82, 2.24) is 9.97 Å². The number of carbonyl (C=O) groups excluding carboxylic acids is 1. The second kappa shape index (κ2) is 10.3. The first-order chi connectivity index (χ1) is 16.6. The Kier molecular flexibility index (Phi) is 6.97. The zero-order valence-electron chi connectivity index (χ0n) is 20.1. The topological polar surface area (TPSA) is 85.8 Å². The lowest BCUT2D eigenvalue weighted by molar-refractivity contribution is -0.0810. The maximum atomic E-state index is 12.7. The number of morpholine rings is 1. The van der Waals surface area contributed by atoms with Crippen LogP contribution in [0.3, 0.4) is 0 Å². The first-order valence-electron chi connectivity index (χ1n) is 12.4. The van der Waals surface area contributed by atoms with Crippen molar-refractivity contribution in [2.24, 2.45) is 5.92 Å². The smallest absolute Gasteiger partial charge is 0.227 e. The summed E-state index contributed by atoms with van der Waals surface area (Å²) in [4.78, 5) is 24.5. The molecule has 2 saturated heterocycles. The van der Waals surface area contributed by atoms with Crippen molar-refractivity contribution in [3.8, 4) is 17.0 Å². The van der Waals surface area contributed by atoms with Crippen molar-refractivity contribution in [2.75, 3.05) is 49.7 Å². The Labute approximate surface area is 201 Å². The third kappa shape index (κ3) is 5.18. The van der Waals surface area contributed by atoms with Crippen LogP contribution in [-0.2, 0) is 9.47 Å². The van der Waals surface area contributed by atoms with Gasteiger partial charge < -0.3 is 24.4 Å². The number of hydrogen-bond donors (Lipinski definition) is 1. The van der Waals surface area contributed by atoms with E-state index in [1.807, 2.05) is 12.1 Å². The average molecular weight is 467 g/mol. The third-order valence-electron chi connectivity index (χ3n) is 6.98. The van der Waals surface area contributed by atoms with Crippen molar-refractivity contribution >= 4 is 17.4 Å². The summed E-state index contributed by atoms with van der Waals surface area (Å²) in [6, 6.07) is 8.52. The standard InChI is InChI=1S/C26H34N4O4/c1-17-3-7-20(8-4-17)27-26-28-24(18(2)31)23(25(29-26)34-22-15-33-16-22)19-5-9-21(10-6-19)30-11-13-32-14-12-30/h5-6,9-10,17,20,22H,3-4,7-8,11-16H2,1-2H3,(H,27,28,29)/t17-,20+. The number of nitrogens with zero attached hydrogens (tertiary/aromatic N) is 3. The molecule has 3 aliphatic rings. The highest BCUT2D eigenvalue weighted by atomic mass is 16.6. The van der Waals surface area contributed by atoms with Gasteiger partial charge in [-0.15, -0.1) is 0 Å². The molecule has 8 nitrogen and oxygen atoms in total. The van der Waals surface area contributed by atoms with Crippen LogP contribution in [0.5, 0.6) is 5.88 Å². The van der Waals surface area contributed by atoms with E-state index < -0.39 is 0 Å². The molecule has 0 unspecified atom stereocenters. The van der Waals surface area contributed by atoms with E-state index in [2.05, 4.69) is 34.3 Å². The van der Waals surface area contributed by atoms with Gasteiger partial charge in [-0.3, -0.25) is 4.79 Å². The van der Waals surface area contributed by atoms with Gasteiger partial charge in [-0.25, -0.2) is 4.98 Å². The lowest BCUT2D eigenvalue weighted by Crippen LogP contribution is -2.39. The Bertz CT molecular complexity index is 995. The van der Waals surface area contributed by atoms with Crippen molar-refractivity contribution in [2.45, 2.75) is 51.7 Å². The number of aromatic nitrogens is 2. The van der Waals surface area contributed by atoms with Gasteiger partial charge in [0.15, 0.2) is 5.78 Å². The molecule has 1 aromatic heterocycles. The highest BCUT2D eigenvalue weighted by Gasteiger charge is 2.28. The molecule has 5 rings (SSSR count). The van der Waals surface area contributed by atoms with Crippen LogP contribution in [0.4, 0.5) is 11.6 Å². The van der Waals surface area contributed by atoms with Gasteiger partial charge in [0, 0.05) is 31.7 Å². The second-order valence-electron chi connectivity index (χ2n) is 9.66. The summed E-state index contributed by atoms with van der Waals surface area (Å²) in [5.41, 5.74) is 3.04. The van der Waals surface area contributed by atoms with Crippen molar-refractivity contribution in [3.05, 3.63) is 30.0 Å². The fourth-order valence-corrected chi connectivity index (χ4v) is 4.79. The van der Waals surface area contributed by atoms with E-state index in [9.17, 15) is 4.79 Å². The molecule has 0 amide bonds. The molecule has 0 atom stereocenters. The minimum atomic E-state index is -0.107. The van der Waals surface area contributed by atoms with Gasteiger partial charge in [0.2, 0.25) is 11.8 Å². The van der Waals surface area contributed by atoms with Gasteiger partial charge in [-0.05, 0) is 49.3 Å². The number of ether oxygens (including phenoxy) is 3. The molecule has 1 aromatic carbocycles.